The van der Waals surface area contributed by atoms with E-state index in [2.05, 4.69) is 215 Å². The molecule has 4 heteroatoms. The Bertz CT molecular complexity index is 3130. The van der Waals surface area contributed by atoms with E-state index in [0.29, 0.717) is 5.82 Å². The first-order chi connectivity index (χ1) is 28.8. The molecule has 0 amide bonds. The fraction of sp³-hybridized carbons (Fsp3) is 0. The third-order valence-corrected chi connectivity index (χ3v) is 11.2. The van der Waals surface area contributed by atoms with Gasteiger partial charge in [-0.2, -0.15) is 0 Å². The molecule has 0 spiro atoms. The van der Waals surface area contributed by atoms with E-state index >= 15 is 0 Å². The van der Waals surface area contributed by atoms with Gasteiger partial charge in [-0.3, -0.25) is 8.97 Å². The Morgan fingerprint density at radius 1 is 0.310 bits per heavy atom. The van der Waals surface area contributed by atoms with Gasteiger partial charge in [-0.15, -0.1) is 0 Å². The van der Waals surface area contributed by atoms with E-state index in [9.17, 15) is 0 Å². The molecule has 8 aromatic carbocycles. The van der Waals surface area contributed by atoms with Crippen LogP contribution in [0.5, 0.6) is 0 Å². The summed E-state index contributed by atoms with van der Waals surface area (Å²) in [6, 6.07) is 77.3. The van der Waals surface area contributed by atoms with Gasteiger partial charge in [0.05, 0.1) is 27.9 Å². The van der Waals surface area contributed by atoms with E-state index in [-0.39, 0.29) is 0 Å². The largest absolute Gasteiger partial charge is 0.293 e. The van der Waals surface area contributed by atoms with Crippen LogP contribution < -0.4 is 0 Å². The summed E-state index contributed by atoms with van der Waals surface area (Å²) in [4.78, 5) is 10.5. The van der Waals surface area contributed by atoms with Crippen molar-refractivity contribution in [2.75, 3.05) is 0 Å². The minimum absolute atomic E-state index is 0.686. The second-order valence-electron chi connectivity index (χ2n) is 14.6. The maximum Gasteiger partial charge on any atom is 0.160 e. The van der Waals surface area contributed by atoms with Crippen LogP contribution in [-0.2, 0) is 0 Å². The SMILES string of the molecule is c1ccc(-c2ccc(-c3cc(-c4cccc(-c5c6ccccc6n6c7ccccc7n(-c7ccccc7)c56)c4)nc(-c4ccc(-c5ccccc5)cc4)n3)cc2)cc1. The van der Waals surface area contributed by atoms with Gasteiger partial charge in [-0.05, 0) is 70.3 Å². The van der Waals surface area contributed by atoms with Gasteiger partial charge in [-0.1, -0.05) is 176 Å². The maximum atomic E-state index is 5.29. The summed E-state index contributed by atoms with van der Waals surface area (Å²) in [7, 11) is 0. The Morgan fingerprint density at radius 2 is 0.776 bits per heavy atom. The van der Waals surface area contributed by atoms with Crippen LogP contribution in [0.4, 0.5) is 0 Å². The molecule has 0 fully saturated rings. The summed E-state index contributed by atoms with van der Waals surface area (Å²) >= 11 is 0. The van der Waals surface area contributed by atoms with Gasteiger partial charge in [0, 0.05) is 33.3 Å². The monoisotopic (exact) mass is 740 g/mol. The van der Waals surface area contributed by atoms with E-state index in [1.54, 1.807) is 0 Å². The Morgan fingerprint density at radius 3 is 1.43 bits per heavy atom. The zero-order chi connectivity index (χ0) is 38.4. The maximum absolute atomic E-state index is 5.29. The van der Waals surface area contributed by atoms with E-state index in [0.717, 1.165) is 56.1 Å². The summed E-state index contributed by atoms with van der Waals surface area (Å²) < 4.78 is 4.81. The van der Waals surface area contributed by atoms with Gasteiger partial charge in [0.1, 0.15) is 5.65 Å². The number of aromatic nitrogens is 4. The fourth-order valence-electron chi connectivity index (χ4n) is 8.37. The Balaban J connectivity index is 1.09. The standard InChI is InChI=1S/C54H36N4/c1-4-15-37(16-5-1)39-27-31-41(32-28-39)47-36-48(56-53(55-47)42-33-29-40(30-34-42)38-17-6-2-7-18-38)43-19-14-20-44(35-43)52-46-23-10-11-24-49(46)58-51-26-13-12-25-50(51)57(54(52)58)45-21-8-3-9-22-45/h1-36H. The topological polar surface area (TPSA) is 35.1 Å². The lowest BCUT2D eigenvalue weighted by molar-refractivity contribution is 1.15. The zero-order valence-electron chi connectivity index (χ0n) is 31.6. The van der Waals surface area contributed by atoms with Crippen molar-refractivity contribution >= 4 is 27.6 Å². The lowest BCUT2D eigenvalue weighted by Gasteiger charge is -2.12. The number of benzene rings is 8. The van der Waals surface area contributed by atoms with Gasteiger partial charge >= 0.3 is 0 Å². The number of hydrogen-bond acceptors (Lipinski definition) is 2. The summed E-state index contributed by atoms with van der Waals surface area (Å²) in [6.07, 6.45) is 0. The number of fused-ring (bicyclic) bond motifs is 5. The average molecular weight is 741 g/mol. The molecule has 4 nitrogen and oxygen atoms in total. The molecule has 0 aliphatic carbocycles. The molecule has 0 aliphatic rings. The normalized spacial score (nSPS) is 11.4. The van der Waals surface area contributed by atoms with Crippen molar-refractivity contribution in [2.24, 2.45) is 0 Å². The van der Waals surface area contributed by atoms with Gasteiger partial charge < -0.3 is 0 Å². The van der Waals surface area contributed by atoms with Crippen molar-refractivity contribution in [1.82, 2.24) is 18.9 Å². The smallest absolute Gasteiger partial charge is 0.160 e. The molecule has 0 bridgehead atoms. The minimum Gasteiger partial charge on any atom is -0.293 e. The van der Waals surface area contributed by atoms with Crippen molar-refractivity contribution in [2.45, 2.75) is 0 Å². The van der Waals surface area contributed by atoms with Gasteiger partial charge in [0.25, 0.3) is 0 Å². The number of para-hydroxylation sites is 4. The molecule has 11 rings (SSSR count). The number of rotatable bonds is 7. The van der Waals surface area contributed by atoms with E-state index in [1.165, 1.54) is 38.7 Å². The Hall–Kier alpha value is -7.82. The summed E-state index contributed by atoms with van der Waals surface area (Å²) in [5, 5.41) is 1.20. The van der Waals surface area contributed by atoms with Gasteiger partial charge in [0.15, 0.2) is 5.82 Å². The van der Waals surface area contributed by atoms with Crippen molar-refractivity contribution in [1.29, 1.82) is 0 Å². The van der Waals surface area contributed by atoms with Crippen LogP contribution in [0, 0.1) is 0 Å². The van der Waals surface area contributed by atoms with Gasteiger partial charge in [0.2, 0.25) is 0 Å². The third-order valence-electron chi connectivity index (χ3n) is 11.2. The quantitative estimate of drug-likeness (QED) is 0.163. The van der Waals surface area contributed by atoms with E-state index < -0.39 is 0 Å². The molecule has 0 saturated heterocycles. The highest BCUT2D eigenvalue weighted by Crippen LogP contribution is 2.42. The molecule has 0 unspecified atom stereocenters. The zero-order valence-corrected chi connectivity index (χ0v) is 31.6. The third kappa shape index (κ3) is 5.78. The van der Waals surface area contributed by atoms with Crippen LogP contribution in [-0.4, -0.2) is 18.9 Å². The molecule has 0 saturated carbocycles. The molecule has 272 valence electrons. The van der Waals surface area contributed by atoms with Crippen molar-refractivity contribution < 1.29 is 0 Å². The number of hydrogen-bond donors (Lipinski definition) is 0. The van der Waals surface area contributed by atoms with Crippen LogP contribution >= 0.6 is 0 Å². The van der Waals surface area contributed by atoms with Crippen molar-refractivity contribution in [3.8, 4) is 73.0 Å². The van der Waals surface area contributed by atoms with E-state index in [4.69, 9.17) is 9.97 Å². The molecule has 0 aliphatic heterocycles. The van der Waals surface area contributed by atoms with E-state index in [1.807, 2.05) is 12.1 Å². The highest BCUT2D eigenvalue weighted by atomic mass is 15.1. The average Bonchev–Trinajstić information content (AvgIpc) is 3.82. The predicted molar refractivity (Wildman–Crippen MR) is 240 cm³/mol. The second-order valence-corrected chi connectivity index (χ2v) is 14.6. The Labute approximate surface area is 336 Å². The second kappa shape index (κ2) is 14.0. The van der Waals surface area contributed by atoms with Crippen molar-refractivity contribution in [3.05, 3.63) is 218 Å². The molecule has 0 N–H and O–H groups in total. The van der Waals surface area contributed by atoms with Crippen LogP contribution in [0.3, 0.4) is 0 Å². The van der Waals surface area contributed by atoms with Crippen molar-refractivity contribution in [3.63, 3.8) is 0 Å². The molecule has 0 radical (unpaired) electrons. The molecular weight excluding hydrogens is 705 g/mol. The Kier molecular flexibility index (Phi) is 8.11. The van der Waals surface area contributed by atoms with Gasteiger partial charge in [-0.25, -0.2) is 9.97 Å². The highest BCUT2D eigenvalue weighted by molar-refractivity contribution is 6.09. The summed E-state index contributed by atoms with van der Waals surface area (Å²) in [5.41, 5.74) is 17.5. The highest BCUT2D eigenvalue weighted by Gasteiger charge is 2.22. The molecule has 0 atom stereocenters. The molecule has 3 aromatic heterocycles. The molecular formula is C54H36N4. The predicted octanol–water partition coefficient (Wildman–Crippen LogP) is 13.8. The lowest BCUT2D eigenvalue weighted by atomic mass is 9.99. The first kappa shape index (κ1) is 33.5. The summed E-state index contributed by atoms with van der Waals surface area (Å²) in [6.45, 7) is 0. The molecule has 11 aromatic rings. The summed E-state index contributed by atoms with van der Waals surface area (Å²) in [5.74, 6) is 0.686. The first-order valence-corrected chi connectivity index (χ1v) is 19.7. The van der Waals surface area contributed by atoms with Crippen LogP contribution in [0.1, 0.15) is 0 Å². The lowest BCUT2D eigenvalue weighted by Crippen LogP contribution is -1.97. The minimum atomic E-state index is 0.686. The first-order valence-electron chi connectivity index (χ1n) is 19.7. The molecule has 58 heavy (non-hydrogen) atoms. The van der Waals surface area contributed by atoms with Crippen LogP contribution in [0.2, 0.25) is 0 Å². The van der Waals surface area contributed by atoms with Crippen LogP contribution in [0.25, 0.3) is 101 Å². The van der Waals surface area contributed by atoms with Crippen LogP contribution in [0.15, 0.2) is 218 Å². The molecule has 3 heterocycles. The fourth-order valence-corrected chi connectivity index (χ4v) is 8.37. The number of imidazole rings is 1. The number of nitrogens with zero attached hydrogens (tertiary/aromatic N) is 4.